The molecule has 0 N–H and O–H groups in total. The maximum atomic E-state index is 5.93. The molecule has 0 atom stereocenters. The summed E-state index contributed by atoms with van der Waals surface area (Å²) in [5.74, 6) is 1.83. The number of nitrogens with zero attached hydrogens (tertiary/aromatic N) is 2. The van der Waals surface area contributed by atoms with E-state index in [-0.39, 0.29) is 5.41 Å². The molecule has 1 aliphatic rings. The minimum absolute atomic E-state index is 0.286. The van der Waals surface area contributed by atoms with E-state index in [0.29, 0.717) is 0 Å². The predicted octanol–water partition coefficient (Wildman–Crippen LogP) is 3.55. The number of thiol groups is 1. The van der Waals surface area contributed by atoms with E-state index in [2.05, 4.69) is 24.7 Å². The Morgan fingerprint density at radius 1 is 1.39 bits per heavy atom. The number of rotatable bonds is 6. The first kappa shape index (κ1) is 13.8. The monoisotopic (exact) mass is 268 g/mol. The van der Waals surface area contributed by atoms with Crippen molar-refractivity contribution in [3.05, 3.63) is 12.4 Å². The van der Waals surface area contributed by atoms with Crippen LogP contribution in [0.5, 0.6) is 5.75 Å². The molecule has 4 heteroatoms. The Hall–Kier alpha value is -0.640. The molecule has 0 aliphatic heterocycles. The van der Waals surface area contributed by atoms with Gasteiger partial charge < -0.3 is 4.74 Å². The fourth-order valence-electron chi connectivity index (χ4n) is 2.66. The van der Waals surface area contributed by atoms with Crippen LogP contribution in [0.25, 0.3) is 0 Å². The first-order chi connectivity index (χ1) is 8.78. The third kappa shape index (κ3) is 3.44. The van der Waals surface area contributed by atoms with Crippen LogP contribution in [0.1, 0.15) is 45.4 Å². The van der Waals surface area contributed by atoms with Crippen molar-refractivity contribution in [2.45, 2.75) is 52.0 Å². The van der Waals surface area contributed by atoms with Crippen molar-refractivity contribution in [3.63, 3.8) is 0 Å². The molecular formula is C14H24N2OS. The van der Waals surface area contributed by atoms with E-state index in [1.54, 1.807) is 0 Å². The number of aromatic nitrogens is 2. The summed E-state index contributed by atoms with van der Waals surface area (Å²) < 4.78 is 7.88. The summed E-state index contributed by atoms with van der Waals surface area (Å²) in [5, 5.41) is 4.29. The average Bonchev–Trinajstić information content (AvgIpc) is 2.86. The fraction of sp³-hybridized carbons (Fsp3) is 0.786. The number of aryl methyl sites for hydroxylation is 1. The predicted molar refractivity (Wildman–Crippen MR) is 77.4 cm³/mol. The molecule has 1 aromatic rings. The van der Waals surface area contributed by atoms with Crippen LogP contribution < -0.4 is 4.74 Å². The zero-order valence-electron chi connectivity index (χ0n) is 11.3. The summed E-state index contributed by atoms with van der Waals surface area (Å²) in [4.78, 5) is 0. The summed E-state index contributed by atoms with van der Waals surface area (Å²) in [6, 6.07) is 0. The summed E-state index contributed by atoms with van der Waals surface area (Å²) in [7, 11) is 0. The van der Waals surface area contributed by atoms with Crippen molar-refractivity contribution in [2.24, 2.45) is 5.41 Å². The molecule has 0 bridgehead atoms. The lowest BCUT2D eigenvalue weighted by molar-refractivity contribution is 0.121. The van der Waals surface area contributed by atoms with Crippen molar-refractivity contribution in [1.29, 1.82) is 0 Å². The molecule has 1 fully saturated rings. The maximum Gasteiger partial charge on any atom is 0.157 e. The van der Waals surface area contributed by atoms with Gasteiger partial charge in [0.15, 0.2) is 5.75 Å². The van der Waals surface area contributed by atoms with Crippen molar-refractivity contribution in [3.8, 4) is 5.75 Å². The van der Waals surface area contributed by atoms with Gasteiger partial charge in [0.25, 0.3) is 0 Å². The van der Waals surface area contributed by atoms with E-state index in [9.17, 15) is 0 Å². The van der Waals surface area contributed by atoms with Crippen molar-refractivity contribution < 1.29 is 4.74 Å². The molecule has 1 aromatic heterocycles. The SMILES string of the molecule is CCCn1cc(OCC2(CS)CCCCC2)cn1. The lowest BCUT2D eigenvalue weighted by atomic mass is 9.76. The van der Waals surface area contributed by atoms with Gasteiger partial charge in [-0.25, -0.2) is 0 Å². The molecule has 1 saturated carbocycles. The number of ether oxygens (including phenoxy) is 1. The molecule has 0 amide bonds. The van der Waals surface area contributed by atoms with Gasteiger partial charge in [0, 0.05) is 12.0 Å². The van der Waals surface area contributed by atoms with Gasteiger partial charge in [0.2, 0.25) is 0 Å². The molecule has 18 heavy (non-hydrogen) atoms. The number of hydrogen-bond donors (Lipinski definition) is 1. The number of hydrogen-bond acceptors (Lipinski definition) is 3. The molecule has 0 spiro atoms. The zero-order chi connectivity index (χ0) is 12.8. The Morgan fingerprint density at radius 3 is 2.83 bits per heavy atom. The molecule has 0 aromatic carbocycles. The Morgan fingerprint density at radius 2 is 2.17 bits per heavy atom. The zero-order valence-corrected chi connectivity index (χ0v) is 12.2. The van der Waals surface area contributed by atoms with Gasteiger partial charge in [-0.1, -0.05) is 26.2 Å². The van der Waals surface area contributed by atoms with Crippen molar-refractivity contribution in [1.82, 2.24) is 9.78 Å². The first-order valence-electron chi connectivity index (χ1n) is 7.04. The summed E-state index contributed by atoms with van der Waals surface area (Å²) in [5.41, 5.74) is 0.286. The maximum absolute atomic E-state index is 5.93. The third-order valence-electron chi connectivity index (χ3n) is 3.86. The van der Waals surface area contributed by atoms with Crippen LogP contribution in [-0.4, -0.2) is 22.1 Å². The van der Waals surface area contributed by atoms with Gasteiger partial charge in [-0.2, -0.15) is 17.7 Å². The Bertz CT molecular complexity index is 358. The largest absolute Gasteiger partial charge is 0.490 e. The Balaban J connectivity index is 1.88. The first-order valence-corrected chi connectivity index (χ1v) is 7.67. The molecule has 0 radical (unpaired) electrons. The highest BCUT2D eigenvalue weighted by atomic mass is 32.1. The highest BCUT2D eigenvalue weighted by Crippen LogP contribution is 2.37. The average molecular weight is 268 g/mol. The van der Waals surface area contributed by atoms with Crippen LogP contribution >= 0.6 is 12.6 Å². The minimum atomic E-state index is 0.286. The van der Waals surface area contributed by atoms with Crippen LogP contribution in [0.15, 0.2) is 12.4 Å². The standard InChI is InChI=1S/C14H24N2OS/c1-2-8-16-10-13(9-15-16)17-11-14(12-18)6-4-3-5-7-14/h9-10,18H,2-8,11-12H2,1H3. The summed E-state index contributed by atoms with van der Waals surface area (Å²) in [6.45, 7) is 3.90. The van der Waals surface area contributed by atoms with Gasteiger partial charge >= 0.3 is 0 Å². The second kappa shape index (κ2) is 6.50. The molecule has 3 nitrogen and oxygen atoms in total. The minimum Gasteiger partial charge on any atom is -0.490 e. The van der Waals surface area contributed by atoms with Crippen LogP contribution in [0, 0.1) is 5.41 Å². The van der Waals surface area contributed by atoms with Gasteiger partial charge in [-0.15, -0.1) is 0 Å². The van der Waals surface area contributed by atoms with E-state index in [1.165, 1.54) is 32.1 Å². The second-order valence-corrected chi connectivity index (χ2v) is 5.76. The lowest BCUT2D eigenvalue weighted by Gasteiger charge is -2.35. The van der Waals surface area contributed by atoms with E-state index < -0.39 is 0 Å². The molecule has 1 heterocycles. The quantitative estimate of drug-likeness (QED) is 0.799. The van der Waals surface area contributed by atoms with Crippen LogP contribution in [0.2, 0.25) is 0 Å². The smallest absolute Gasteiger partial charge is 0.157 e. The molecule has 0 unspecified atom stereocenters. The van der Waals surface area contributed by atoms with Gasteiger partial charge in [0.05, 0.1) is 19.0 Å². The Labute approximate surface area is 115 Å². The van der Waals surface area contributed by atoms with Crippen LogP contribution in [0.4, 0.5) is 0 Å². The fourth-order valence-corrected chi connectivity index (χ4v) is 3.06. The molecular weight excluding hydrogens is 244 g/mol. The second-order valence-electron chi connectivity index (χ2n) is 5.45. The molecule has 102 valence electrons. The van der Waals surface area contributed by atoms with Crippen molar-refractivity contribution in [2.75, 3.05) is 12.4 Å². The van der Waals surface area contributed by atoms with E-state index in [1.807, 2.05) is 17.1 Å². The third-order valence-corrected chi connectivity index (χ3v) is 4.53. The Kier molecular flexibility index (Phi) is 4.98. The van der Waals surface area contributed by atoms with Crippen molar-refractivity contribution >= 4 is 12.6 Å². The molecule has 0 saturated heterocycles. The van der Waals surface area contributed by atoms with E-state index in [0.717, 1.165) is 31.1 Å². The summed E-state index contributed by atoms with van der Waals surface area (Å²) >= 11 is 4.53. The van der Waals surface area contributed by atoms with Crippen LogP contribution in [0.3, 0.4) is 0 Å². The van der Waals surface area contributed by atoms with Crippen LogP contribution in [-0.2, 0) is 6.54 Å². The van der Waals surface area contributed by atoms with Gasteiger partial charge in [-0.05, 0) is 25.0 Å². The molecule has 2 rings (SSSR count). The highest BCUT2D eigenvalue weighted by molar-refractivity contribution is 7.80. The normalized spacial score (nSPS) is 18.8. The van der Waals surface area contributed by atoms with E-state index >= 15 is 0 Å². The van der Waals surface area contributed by atoms with Gasteiger partial charge in [0.1, 0.15) is 0 Å². The summed E-state index contributed by atoms with van der Waals surface area (Å²) in [6.07, 6.45) is 11.4. The lowest BCUT2D eigenvalue weighted by Crippen LogP contribution is -2.32. The van der Waals surface area contributed by atoms with E-state index in [4.69, 9.17) is 4.74 Å². The molecule has 1 aliphatic carbocycles. The highest BCUT2D eigenvalue weighted by Gasteiger charge is 2.31. The topological polar surface area (TPSA) is 27.1 Å². The van der Waals surface area contributed by atoms with Gasteiger partial charge in [-0.3, -0.25) is 4.68 Å².